The van der Waals surface area contributed by atoms with Crippen LogP contribution in [0.1, 0.15) is 35.9 Å². The highest BCUT2D eigenvalue weighted by molar-refractivity contribution is 5.73. The van der Waals surface area contributed by atoms with Crippen LogP contribution >= 0.6 is 0 Å². The van der Waals surface area contributed by atoms with E-state index >= 15 is 0 Å². The van der Waals surface area contributed by atoms with Gasteiger partial charge < -0.3 is 0 Å². The average molecular weight is 167 g/mol. The normalized spacial score (nSPS) is 10.2. The number of carbonyl (C=O) groups is 1. The highest BCUT2D eigenvalue weighted by Crippen LogP contribution is 2.05. The fraction of sp³-hybridized carbons (Fsp3) is 0.625. The predicted octanol–water partition coefficient (Wildman–Crippen LogP) is 0.970. The average Bonchev–Trinajstić information content (AvgIpc) is 2.43. The van der Waals surface area contributed by atoms with Gasteiger partial charge in [0.05, 0.1) is 5.69 Å². The summed E-state index contributed by atoms with van der Waals surface area (Å²) >= 11 is 0. The van der Waals surface area contributed by atoms with E-state index in [9.17, 15) is 4.79 Å². The summed E-state index contributed by atoms with van der Waals surface area (Å²) in [6.45, 7) is 2.12. The van der Waals surface area contributed by atoms with E-state index in [-0.39, 0.29) is 0 Å². The van der Waals surface area contributed by atoms with Crippen LogP contribution in [-0.4, -0.2) is 21.3 Å². The van der Waals surface area contributed by atoms with Crippen molar-refractivity contribution in [2.45, 2.75) is 26.2 Å². The number of nitrogens with zero attached hydrogens (tertiary/aromatic N) is 3. The minimum Gasteiger partial charge on any atom is -0.296 e. The number of aromatic nitrogens is 3. The Labute approximate surface area is 71.6 Å². The van der Waals surface area contributed by atoms with Gasteiger partial charge >= 0.3 is 0 Å². The summed E-state index contributed by atoms with van der Waals surface area (Å²) in [5.41, 5.74) is 1.41. The second-order valence-electron chi connectivity index (χ2n) is 2.77. The molecule has 0 aliphatic rings. The first-order chi connectivity index (χ1) is 5.79. The zero-order chi connectivity index (χ0) is 8.97. The quantitative estimate of drug-likeness (QED) is 0.628. The van der Waals surface area contributed by atoms with Crippen LogP contribution in [-0.2, 0) is 13.5 Å². The lowest BCUT2D eigenvalue weighted by atomic mass is 10.2. The Hall–Kier alpha value is -1.19. The van der Waals surface area contributed by atoms with Gasteiger partial charge in [-0.25, -0.2) is 0 Å². The topological polar surface area (TPSA) is 47.8 Å². The van der Waals surface area contributed by atoms with Gasteiger partial charge in [-0.1, -0.05) is 18.6 Å². The van der Waals surface area contributed by atoms with Gasteiger partial charge in [0.1, 0.15) is 5.69 Å². The molecule has 0 atom stereocenters. The van der Waals surface area contributed by atoms with Gasteiger partial charge in [-0.05, 0) is 12.8 Å². The van der Waals surface area contributed by atoms with Crippen LogP contribution < -0.4 is 0 Å². The minimum absolute atomic E-state index is 0.478. The van der Waals surface area contributed by atoms with E-state index in [0.29, 0.717) is 5.69 Å². The molecular formula is C8H13N3O. The molecule has 0 radical (unpaired) electrons. The van der Waals surface area contributed by atoms with Gasteiger partial charge in [0.15, 0.2) is 6.29 Å². The van der Waals surface area contributed by atoms with Crippen molar-refractivity contribution in [1.82, 2.24) is 15.0 Å². The number of aryl methyl sites for hydroxylation is 1. The summed E-state index contributed by atoms with van der Waals surface area (Å²) in [6, 6.07) is 0. The fourth-order valence-corrected chi connectivity index (χ4v) is 1.12. The summed E-state index contributed by atoms with van der Waals surface area (Å²) in [6.07, 6.45) is 3.83. The van der Waals surface area contributed by atoms with E-state index in [2.05, 4.69) is 17.2 Å². The molecule has 0 unspecified atom stereocenters. The van der Waals surface area contributed by atoms with Gasteiger partial charge in [0, 0.05) is 7.05 Å². The molecular weight excluding hydrogens is 154 g/mol. The number of hydrogen-bond donors (Lipinski definition) is 0. The smallest absolute Gasteiger partial charge is 0.172 e. The van der Waals surface area contributed by atoms with Gasteiger partial charge in [-0.3, -0.25) is 9.48 Å². The van der Waals surface area contributed by atoms with Gasteiger partial charge in [0.25, 0.3) is 0 Å². The standard InChI is InChI=1S/C8H13N3O/c1-3-4-5-8-7(6-12)9-10-11(8)2/h6H,3-5H2,1-2H3. The number of aldehydes is 1. The molecule has 0 aromatic carbocycles. The molecule has 0 N–H and O–H groups in total. The van der Waals surface area contributed by atoms with Gasteiger partial charge in [-0.2, -0.15) is 0 Å². The largest absolute Gasteiger partial charge is 0.296 e. The Bertz CT molecular complexity index is 267. The third-order valence-electron chi connectivity index (χ3n) is 1.85. The summed E-state index contributed by atoms with van der Waals surface area (Å²) in [5, 5.41) is 7.51. The zero-order valence-electron chi connectivity index (χ0n) is 7.45. The Balaban J connectivity index is 2.79. The van der Waals surface area contributed by atoms with Crippen LogP contribution in [0.4, 0.5) is 0 Å². The van der Waals surface area contributed by atoms with Crippen molar-refractivity contribution < 1.29 is 4.79 Å². The van der Waals surface area contributed by atoms with Crippen molar-refractivity contribution in [3.05, 3.63) is 11.4 Å². The van der Waals surface area contributed by atoms with E-state index < -0.39 is 0 Å². The molecule has 4 nitrogen and oxygen atoms in total. The number of carbonyl (C=O) groups excluding carboxylic acids is 1. The van der Waals surface area contributed by atoms with Crippen molar-refractivity contribution in [2.24, 2.45) is 7.05 Å². The summed E-state index contributed by atoms with van der Waals surface area (Å²) < 4.78 is 1.67. The number of unbranched alkanes of at least 4 members (excludes halogenated alkanes) is 1. The van der Waals surface area contributed by atoms with Crippen molar-refractivity contribution >= 4 is 6.29 Å². The molecule has 1 aromatic rings. The summed E-state index contributed by atoms with van der Waals surface area (Å²) in [5.74, 6) is 0. The first kappa shape index (κ1) is 8.90. The van der Waals surface area contributed by atoms with Crippen molar-refractivity contribution in [2.75, 3.05) is 0 Å². The van der Waals surface area contributed by atoms with Gasteiger partial charge in [0.2, 0.25) is 0 Å². The van der Waals surface area contributed by atoms with E-state index in [0.717, 1.165) is 31.2 Å². The molecule has 0 saturated carbocycles. The SMILES string of the molecule is CCCCc1c(C=O)nnn1C. The molecule has 66 valence electrons. The number of hydrogen-bond acceptors (Lipinski definition) is 3. The highest BCUT2D eigenvalue weighted by atomic mass is 16.1. The van der Waals surface area contributed by atoms with Crippen LogP contribution in [0.2, 0.25) is 0 Å². The lowest BCUT2D eigenvalue weighted by Gasteiger charge is -1.98. The molecule has 0 saturated heterocycles. The molecule has 1 heterocycles. The van der Waals surface area contributed by atoms with Crippen molar-refractivity contribution in [3.8, 4) is 0 Å². The maximum absolute atomic E-state index is 10.5. The van der Waals surface area contributed by atoms with Crippen LogP contribution in [0.5, 0.6) is 0 Å². The summed E-state index contributed by atoms with van der Waals surface area (Å²) in [7, 11) is 1.81. The number of rotatable bonds is 4. The summed E-state index contributed by atoms with van der Waals surface area (Å²) in [4.78, 5) is 10.5. The molecule has 0 aliphatic heterocycles. The van der Waals surface area contributed by atoms with Gasteiger partial charge in [-0.15, -0.1) is 5.10 Å². The molecule has 4 heteroatoms. The molecule has 1 rings (SSSR count). The second kappa shape index (κ2) is 3.99. The van der Waals surface area contributed by atoms with Crippen molar-refractivity contribution in [1.29, 1.82) is 0 Å². The lowest BCUT2D eigenvalue weighted by molar-refractivity contribution is 0.111. The van der Waals surface area contributed by atoms with E-state index in [4.69, 9.17) is 0 Å². The Morgan fingerprint density at radius 2 is 2.33 bits per heavy atom. The maximum Gasteiger partial charge on any atom is 0.172 e. The molecule has 12 heavy (non-hydrogen) atoms. The second-order valence-corrected chi connectivity index (χ2v) is 2.77. The van der Waals surface area contributed by atoms with Crippen LogP contribution in [0.25, 0.3) is 0 Å². The molecule has 0 spiro atoms. The predicted molar refractivity (Wildman–Crippen MR) is 45.0 cm³/mol. The Kier molecular flexibility index (Phi) is 2.96. The van der Waals surface area contributed by atoms with Crippen LogP contribution in [0, 0.1) is 0 Å². The highest BCUT2D eigenvalue weighted by Gasteiger charge is 2.07. The zero-order valence-corrected chi connectivity index (χ0v) is 7.45. The van der Waals surface area contributed by atoms with E-state index in [1.54, 1.807) is 4.68 Å². The first-order valence-corrected chi connectivity index (χ1v) is 4.13. The monoisotopic (exact) mass is 167 g/mol. The van der Waals surface area contributed by atoms with Crippen LogP contribution in [0.3, 0.4) is 0 Å². The Morgan fingerprint density at radius 3 is 2.92 bits per heavy atom. The Morgan fingerprint density at radius 1 is 1.58 bits per heavy atom. The minimum atomic E-state index is 0.478. The molecule has 1 aromatic heterocycles. The fourth-order valence-electron chi connectivity index (χ4n) is 1.12. The third kappa shape index (κ3) is 1.69. The molecule has 0 fully saturated rings. The molecule has 0 amide bonds. The van der Waals surface area contributed by atoms with E-state index in [1.807, 2.05) is 7.05 Å². The van der Waals surface area contributed by atoms with Crippen LogP contribution in [0.15, 0.2) is 0 Å². The molecule has 0 bridgehead atoms. The third-order valence-corrected chi connectivity index (χ3v) is 1.85. The maximum atomic E-state index is 10.5. The molecule has 0 aliphatic carbocycles. The van der Waals surface area contributed by atoms with Crippen molar-refractivity contribution in [3.63, 3.8) is 0 Å². The first-order valence-electron chi connectivity index (χ1n) is 4.13. The van der Waals surface area contributed by atoms with E-state index in [1.165, 1.54) is 0 Å². The lowest BCUT2D eigenvalue weighted by Crippen LogP contribution is -2.00.